The molecule has 2 aliphatic rings. The lowest BCUT2D eigenvalue weighted by molar-refractivity contribution is -0.135. The molecule has 2 fully saturated rings. The topological polar surface area (TPSA) is 20.3 Å². The standard InChI is InChI=1S/C15H26BrNO/c16-11-4-12-17(14-7-3-8-14)15(18)10-9-13-5-1-2-6-13/h13-14H,1-12H2. The van der Waals surface area contributed by atoms with Gasteiger partial charge in [0.2, 0.25) is 5.91 Å². The number of hydrogen-bond acceptors (Lipinski definition) is 1. The Hall–Kier alpha value is -0.0500. The van der Waals surface area contributed by atoms with Gasteiger partial charge >= 0.3 is 0 Å². The molecule has 2 rings (SSSR count). The molecule has 0 spiro atoms. The van der Waals surface area contributed by atoms with E-state index in [-0.39, 0.29) is 0 Å². The third-order valence-electron chi connectivity index (χ3n) is 4.61. The minimum absolute atomic E-state index is 0.424. The molecule has 0 aromatic heterocycles. The number of amides is 1. The van der Waals surface area contributed by atoms with Crippen LogP contribution in [0, 0.1) is 5.92 Å². The van der Waals surface area contributed by atoms with Crippen LogP contribution in [0.5, 0.6) is 0 Å². The average molecular weight is 316 g/mol. The van der Waals surface area contributed by atoms with Gasteiger partial charge in [0.25, 0.3) is 0 Å². The molecule has 0 saturated heterocycles. The van der Waals surface area contributed by atoms with E-state index in [0.29, 0.717) is 11.9 Å². The van der Waals surface area contributed by atoms with Crippen LogP contribution in [0.3, 0.4) is 0 Å². The lowest BCUT2D eigenvalue weighted by Crippen LogP contribution is -2.44. The molecule has 0 aromatic rings. The summed E-state index contributed by atoms with van der Waals surface area (Å²) in [4.78, 5) is 14.5. The van der Waals surface area contributed by atoms with Crippen LogP contribution in [0.15, 0.2) is 0 Å². The number of carbonyl (C=O) groups excluding carboxylic acids is 1. The Kier molecular flexibility index (Phi) is 6.00. The predicted molar refractivity (Wildman–Crippen MR) is 79.0 cm³/mol. The molecule has 0 bridgehead atoms. The Balaban J connectivity index is 1.74. The zero-order valence-electron chi connectivity index (χ0n) is 11.4. The Bertz CT molecular complexity index is 259. The number of rotatable bonds is 7. The maximum atomic E-state index is 12.4. The summed E-state index contributed by atoms with van der Waals surface area (Å²) in [5.41, 5.74) is 0. The normalized spacial score (nSPS) is 20.9. The van der Waals surface area contributed by atoms with Gasteiger partial charge in [-0.25, -0.2) is 0 Å². The van der Waals surface area contributed by atoms with E-state index in [2.05, 4.69) is 20.8 Å². The number of alkyl halides is 1. The van der Waals surface area contributed by atoms with Crippen LogP contribution in [0.4, 0.5) is 0 Å². The van der Waals surface area contributed by atoms with E-state index in [1.54, 1.807) is 0 Å². The fourth-order valence-electron chi connectivity index (χ4n) is 3.21. The average Bonchev–Trinajstić information content (AvgIpc) is 2.81. The molecule has 3 heteroatoms. The maximum Gasteiger partial charge on any atom is 0.222 e. The first kappa shape index (κ1) is 14.4. The van der Waals surface area contributed by atoms with Gasteiger partial charge in [-0.15, -0.1) is 0 Å². The lowest BCUT2D eigenvalue weighted by atomic mass is 9.90. The molecular formula is C15H26BrNO. The zero-order valence-corrected chi connectivity index (χ0v) is 13.0. The van der Waals surface area contributed by atoms with Gasteiger partial charge < -0.3 is 4.90 Å². The van der Waals surface area contributed by atoms with Crippen LogP contribution in [-0.4, -0.2) is 28.7 Å². The van der Waals surface area contributed by atoms with Crippen molar-refractivity contribution in [2.75, 3.05) is 11.9 Å². The summed E-state index contributed by atoms with van der Waals surface area (Å²) in [5, 5.41) is 1.01. The van der Waals surface area contributed by atoms with Crippen LogP contribution in [-0.2, 0) is 4.79 Å². The summed E-state index contributed by atoms with van der Waals surface area (Å²) in [6, 6.07) is 0.570. The number of nitrogens with zero attached hydrogens (tertiary/aromatic N) is 1. The summed E-state index contributed by atoms with van der Waals surface area (Å²) < 4.78 is 0. The molecule has 0 N–H and O–H groups in total. The van der Waals surface area contributed by atoms with Crippen LogP contribution in [0.2, 0.25) is 0 Å². The highest BCUT2D eigenvalue weighted by Crippen LogP contribution is 2.30. The van der Waals surface area contributed by atoms with E-state index in [0.717, 1.165) is 37.1 Å². The van der Waals surface area contributed by atoms with Crippen LogP contribution >= 0.6 is 15.9 Å². The van der Waals surface area contributed by atoms with Gasteiger partial charge in [-0.3, -0.25) is 4.79 Å². The first-order valence-electron chi connectivity index (χ1n) is 7.66. The van der Waals surface area contributed by atoms with Gasteiger partial charge in [-0.1, -0.05) is 41.6 Å². The Labute approximate surface area is 120 Å². The Morgan fingerprint density at radius 1 is 1.11 bits per heavy atom. The van der Waals surface area contributed by atoms with Crippen LogP contribution in [0.1, 0.15) is 64.2 Å². The van der Waals surface area contributed by atoms with Crippen molar-refractivity contribution < 1.29 is 4.79 Å². The first-order valence-corrected chi connectivity index (χ1v) is 8.79. The van der Waals surface area contributed by atoms with Crippen molar-refractivity contribution >= 4 is 21.8 Å². The second kappa shape index (κ2) is 7.52. The van der Waals surface area contributed by atoms with Crippen molar-refractivity contribution in [3.8, 4) is 0 Å². The van der Waals surface area contributed by atoms with Gasteiger partial charge in [0.1, 0.15) is 0 Å². The third kappa shape index (κ3) is 3.97. The van der Waals surface area contributed by atoms with Crippen LogP contribution < -0.4 is 0 Å². The van der Waals surface area contributed by atoms with E-state index >= 15 is 0 Å². The largest absolute Gasteiger partial charge is 0.340 e. The summed E-state index contributed by atoms with van der Waals surface area (Å²) in [7, 11) is 0. The van der Waals surface area contributed by atoms with E-state index in [4.69, 9.17) is 0 Å². The highest BCUT2D eigenvalue weighted by molar-refractivity contribution is 9.09. The third-order valence-corrected chi connectivity index (χ3v) is 5.17. The van der Waals surface area contributed by atoms with Crippen molar-refractivity contribution in [2.24, 2.45) is 5.92 Å². The minimum Gasteiger partial charge on any atom is -0.340 e. The lowest BCUT2D eigenvalue weighted by Gasteiger charge is -2.38. The Morgan fingerprint density at radius 3 is 2.39 bits per heavy atom. The molecule has 2 aliphatic carbocycles. The molecule has 0 aliphatic heterocycles. The smallest absolute Gasteiger partial charge is 0.222 e. The van der Waals surface area contributed by atoms with Crippen molar-refractivity contribution in [1.29, 1.82) is 0 Å². The summed E-state index contributed by atoms with van der Waals surface area (Å²) in [6.07, 6.45) is 12.3. The molecule has 0 radical (unpaired) electrons. The fraction of sp³-hybridized carbons (Fsp3) is 0.933. The minimum atomic E-state index is 0.424. The zero-order chi connectivity index (χ0) is 12.8. The molecule has 2 nitrogen and oxygen atoms in total. The van der Waals surface area contributed by atoms with Crippen molar-refractivity contribution in [3.05, 3.63) is 0 Å². The van der Waals surface area contributed by atoms with Gasteiger partial charge in [0, 0.05) is 24.3 Å². The molecule has 104 valence electrons. The molecule has 18 heavy (non-hydrogen) atoms. The summed E-state index contributed by atoms with van der Waals surface area (Å²) >= 11 is 3.47. The molecule has 1 amide bonds. The molecule has 0 aromatic carbocycles. The predicted octanol–water partition coefficient (Wildman–Crippen LogP) is 4.12. The monoisotopic (exact) mass is 315 g/mol. The number of hydrogen-bond donors (Lipinski definition) is 0. The van der Waals surface area contributed by atoms with E-state index < -0.39 is 0 Å². The first-order chi connectivity index (χ1) is 8.81. The van der Waals surface area contributed by atoms with E-state index in [9.17, 15) is 4.79 Å². The van der Waals surface area contributed by atoms with Crippen molar-refractivity contribution in [1.82, 2.24) is 4.90 Å². The van der Waals surface area contributed by atoms with Crippen molar-refractivity contribution in [3.63, 3.8) is 0 Å². The fourth-order valence-corrected chi connectivity index (χ4v) is 3.46. The van der Waals surface area contributed by atoms with E-state index in [1.165, 1.54) is 44.9 Å². The van der Waals surface area contributed by atoms with E-state index in [1.807, 2.05) is 0 Å². The highest BCUT2D eigenvalue weighted by atomic mass is 79.9. The summed E-state index contributed by atoms with van der Waals surface area (Å²) in [6.45, 7) is 0.958. The molecule has 0 unspecified atom stereocenters. The Morgan fingerprint density at radius 2 is 1.83 bits per heavy atom. The molecule has 0 atom stereocenters. The number of halogens is 1. The highest BCUT2D eigenvalue weighted by Gasteiger charge is 2.28. The quantitative estimate of drug-likeness (QED) is 0.647. The van der Waals surface area contributed by atoms with Gasteiger partial charge in [-0.05, 0) is 38.0 Å². The molecule has 2 saturated carbocycles. The SMILES string of the molecule is O=C(CCC1CCCC1)N(CCCBr)C1CCC1. The molecular weight excluding hydrogens is 290 g/mol. The second-order valence-electron chi connectivity index (χ2n) is 5.90. The van der Waals surface area contributed by atoms with Crippen molar-refractivity contribution in [2.45, 2.75) is 70.3 Å². The van der Waals surface area contributed by atoms with Crippen LogP contribution in [0.25, 0.3) is 0 Å². The number of carbonyl (C=O) groups is 1. The van der Waals surface area contributed by atoms with Gasteiger partial charge in [-0.2, -0.15) is 0 Å². The maximum absolute atomic E-state index is 12.4. The van der Waals surface area contributed by atoms with Gasteiger partial charge in [0.15, 0.2) is 0 Å². The second-order valence-corrected chi connectivity index (χ2v) is 6.70. The molecule has 0 heterocycles. The summed E-state index contributed by atoms with van der Waals surface area (Å²) in [5.74, 6) is 1.26. The van der Waals surface area contributed by atoms with Gasteiger partial charge in [0.05, 0.1) is 0 Å².